The van der Waals surface area contributed by atoms with Gasteiger partial charge in [-0.15, -0.1) is 0 Å². The summed E-state index contributed by atoms with van der Waals surface area (Å²) in [7, 11) is 0. The minimum absolute atomic E-state index is 0.0986. The van der Waals surface area contributed by atoms with Gasteiger partial charge in [-0.05, 0) is 39.8 Å². The summed E-state index contributed by atoms with van der Waals surface area (Å²) in [5.41, 5.74) is 0.314. The van der Waals surface area contributed by atoms with Gasteiger partial charge in [-0.25, -0.2) is 0 Å². The van der Waals surface area contributed by atoms with Crippen LogP contribution < -0.4 is 10.6 Å². The molecule has 18 heavy (non-hydrogen) atoms. The third-order valence-corrected chi connectivity index (χ3v) is 2.85. The van der Waals surface area contributed by atoms with Gasteiger partial charge in [0.05, 0.1) is 15.7 Å². The number of para-hydroxylation sites is 1. The van der Waals surface area contributed by atoms with Crippen LogP contribution in [0.5, 0.6) is 0 Å². The molecule has 0 saturated heterocycles. The normalized spacial score (nSPS) is 13.0. The Morgan fingerprint density at radius 2 is 1.72 bits per heavy atom. The lowest BCUT2D eigenvalue weighted by Crippen LogP contribution is -2.47. The van der Waals surface area contributed by atoms with Gasteiger partial charge in [0.2, 0.25) is 5.91 Å². The van der Waals surface area contributed by atoms with Crippen LogP contribution in [0.25, 0.3) is 0 Å². The first kappa shape index (κ1) is 15.1. The average molecular weight is 289 g/mol. The summed E-state index contributed by atoms with van der Waals surface area (Å²) in [6.07, 6.45) is 0. The fraction of sp³-hybridized carbons (Fsp3) is 0.462. The molecule has 0 aliphatic carbocycles. The van der Waals surface area contributed by atoms with E-state index in [4.69, 9.17) is 23.2 Å². The monoisotopic (exact) mass is 288 g/mol. The summed E-state index contributed by atoms with van der Waals surface area (Å²) in [5.74, 6) is -0.0986. The minimum atomic E-state index is -0.415. The SMILES string of the molecule is CC(Nc1c(Cl)cccc1Cl)C(=O)NC(C)(C)C. The number of carbonyl (C=O) groups excluding carboxylic acids is 1. The highest BCUT2D eigenvalue weighted by molar-refractivity contribution is 6.39. The molecule has 1 amide bonds. The fourth-order valence-electron chi connectivity index (χ4n) is 1.40. The number of hydrogen-bond donors (Lipinski definition) is 2. The van der Waals surface area contributed by atoms with E-state index in [1.807, 2.05) is 20.8 Å². The van der Waals surface area contributed by atoms with Gasteiger partial charge in [-0.1, -0.05) is 29.3 Å². The predicted molar refractivity (Wildman–Crippen MR) is 77.4 cm³/mol. The molecule has 0 bridgehead atoms. The Morgan fingerprint density at radius 1 is 1.22 bits per heavy atom. The van der Waals surface area contributed by atoms with E-state index in [2.05, 4.69) is 10.6 Å². The van der Waals surface area contributed by atoms with Crippen molar-refractivity contribution in [3.05, 3.63) is 28.2 Å². The molecular weight excluding hydrogens is 271 g/mol. The zero-order chi connectivity index (χ0) is 13.9. The second kappa shape index (κ2) is 5.81. The van der Waals surface area contributed by atoms with Gasteiger partial charge in [-0.3, -0.25) is 4.79 Å². The molecule has 1 rings (SSSR count). The Hall–Kier alpha value is -0.930. The van der Waals surface area contributed by atoms with Gasteiger partial charge in [0.1, 0.15) is 6.04 Å². The number of rotatable bonds is 3. The van der Waals surface area contributed by atoms with Crippen LogP contribution in [0, 0.1) is 0 Å². The van der Waals surface area contributed by atoms with Crippen molar-refractivity contribution in [3.8, 4) is 0 Å². The van der Waals surface area contributed by atoms with Crippen LogP contribution in [-0.2, 0) is 4.79 Å². The van der Waals surface area contributed by atoms with Crippen LogP contribution in [0.2, 0.25) is 10.0 Å². The van der Waals surface area contributed by atoms with Crippen molar-refractivity contribution in [2.45, 2.75) is 39.3 Å². The summed E-state index contributed by atoms with van der Waals surface area (Å²) >= 11 is 12.1. The van der Waals surface area contributed by atoms with Crippen molar-refractivity contribution < 1.29 is 4.79 Å². The first-order chi connectivity index (χ1) is 8.20. The lowest BCUT2D eigenvalue weighted by atomic mass is 10.1. The molecule has 2 N–H and O–H groups in total. The largest absolute Gasteiger partial charge is 0.371 e. The Balaban J connectivity index is 2.76. The predicted octanol–water partition coefficient (Wildman–Crippen LogP) is 3.71. The molecular formula is C13H18Cl2N2O. The van der Waals surface area contributed by atoms with Gasteiger partial charge in [0.25, 0.3) is 0 Å². The Morgan fingerprint density at radius 3 is 2.17 bits per heavy atom. The molecule has 1 unspecified atom stereocenters. The van der Waals surface area contributed by atoms with Gasteiger partial charge in [-0.2, -0.15) is 0 Å². The highest BCUT2D eigenvalue weighted by Crippen LogP contribution is 2.30. The lowest BCUT2D eigenvalue weighted by Gasteiger charge is -2.24. The van der Waals surface area contributed by atoms with Crippen LogP contribution in [0.3, 0.4) is 0 Å². The quantitative estimate of drug-likeness (QED) is 0.890. The van der Waals surface area contributed by atoms with E-state index >= 15 is 0 Å². The summed E-state index contributed by atoms with van der Waals surface area (Å²) < 4.78 is 0. The Bertz CT molecular complexity index is 421. The number of benzene rings is 1. The maximum absolute atomic E-state index is 11.9. The summed E-state index contributed by atoms with van der Waals surface area (Å²) in [6.45, 7) is 7.56. The highest BCUT2D eigenvalue weighted by Gasteiger charge is 2.20. The molecule has 5 heteroatoms. The maximum Gasteiger partial charge on any atom is 0.242 e. The number of amides is 1. The second-order valence-corrected chi connectivity index (χ2v) is 6.02. The minimum Gasteiger partial charge on any atom is -0.371 e. The number of anilines is 1. The van der Waals surface area contributed by atoms with Crippen LogP contribution in [0.4, 0.5) is 5.69 Å². The molecule has 1 atom stereocenters. The molecule has 0 heterocycles. The molecule has 0 saturated carbocycles. The van der Waals surface area contributed by atoms with Crippen molar-refractivity contribution in [2.75, 3.05) is 5.32 Å². The number of halogens is 2. The van der Waals surface area contributed by atoms with Crippen molar-refractivity contribution >= 4 is 34.8 Å². The molecule has 0 aromatic heterocycles. The summed E-state index contributed by atoms with van der Waals surface area (Å²) in [4.78, 5) is 11.9. The molecule has 0 radical (unpaired) electrons. The van der Waals surface area contributed by atoms with E-state index in [1.54, 1.807) is 25.1 Å². The van der Waals surface area contributed by atoms with Gasteiger partial charge in [0.15, 0.2) is 0 Å². The smallest absolute Gasteiger partial charge is 0.242 e. The first-order valence-corrected chi connectivity index (χ1v) is 6.49. The average Bonchev–Trinajstić information content (AvgIpc) is 2.21. The van der Waals surface area contributed by atoms with E-state index in [-0.39, 0.29) is 11.4 Å². The van der Waals surface area contributed by atoms with Crippen LogP contribution in [-0.4, -0.2) is 17.5 Å². The molecule has 0 fully saturated rings. The number of nitrogens with one attached hydrogen (secondary N) is 2. The molecule has 0 spiro atoms. The molecule has 1 aromatic carbocycles. The zero-order valence-corrected chi connectivity index (χ0v) is 12.5. The molecule has 0 aliphatic rings. The van der Waals surface area contributed by atoms with Gasteiger partial charge in [0, 0.05) is 5.54 Å². The third-order valence-electron chi connectivity index (χ3n) is 2.22. The van der Waals surface area contributed by atoms with E-state index in [0.717, 1.165) is 0 Å². The van der Waals surface area contributed by atoms with Crippen molar-refractivity contribution in [2.24, 2.45) is 0 Å². The Labute approximate surface area is 118 Å². The number of carbonyl (C=O) groups is 1. The van der Waals surface area contributed by atoms with Crippen molar-refractivity contribution in [1.82, 2.24) is 5.32 Å². The molecule has 0 aliphatic heterocycles. The van der Waals surface area contributed by atoms with Crippen LogP contribution in [0.15, 0.2) is 18.2 Å². The molecule has 3 nitrogen and oxygen atoms in total. The Kier molecular flexibility index (Phi) is 4.88. The summed E-state index contributed by atoms with van der Waals surface area (Å²) in [5, 5.41) is 6.91. The van der Waals surface area contributed by atoms with Crippen molar-refractivity contribution in [1.29, 1.82) is 0 Å². The third kappa shape index (κ3) is 4.39. The zero-order valence-electron chi connectivity index (χ0n) is 11.0. The van der Waals surface area contributed by atoms with Gasteiger partial charge < -0.3 is 10.6 Å². The van der Waals surface area contributed by atoms with Crippen molar-refractivity contribution in [3.63, 3.8) is 0 Å². The van der Waals surface area contributed by atoms with Crippen LogP contribution >= 0.6 is 23.2 Å². The topological polar surface area (TPSA) is 41.1 Å². The van der Waals surface area contributed by atoms with Gasteiger partial charge >= 0.3 is 0 Å². The molecule has 1 aromatic rings. The first-order valence-electron chi connectivity index (χ1n) is 5.73. The van der Waals surface area contributed by atoms with E-state index in [1.165, 1.54) is 0 Å². The second-order valence-electron chi connectivity index (χ2n) is 5.20. The van der Waals surface area contributed by atoms with Crippen LogP contribution in [0.1, 0.15) is 27.7 Å². The lowest BCUT2D eigenvalue weighted by molar-refractivity contribution is -0.122. The van der Waals surface area contributed by atoms with E-state index < -0.39 is 6.04 Å². The summed E-state index contributed by atoms with van der Waals surface area (Å²) in [6, 6.07) is 4.80. The molecule has 100 valence electrons. The van der Waals surface area contributed by atoms with E-state index in [0.29, 0.717) is 15.7 Å². The fourth-order valence-corrected chi connectivity index (χ4v) is 1.90. The van der Waals surface area contributed by atoms with E-state index in [9.17, 15) is 4.79 Å². The highest BCUT2D eigenvalue weighted by atomic mass is 35.5. The number of hydrogen-bond acceptors (Lipinski definition) is 2. The maximum atomic E-state index is 11.9. The standard InChI is InChI=1S/C13H18Cl2N2O/c1-8(12(18)17-13(2,3)4)16-11-9(14)6-5-7-10(11)15/h5-8,16H,1-4H3,(H,17,18).